The van der Waals surface area contributed by atoms with Gasteiger partial charge in [0.05, 0.1) is 5.92 Å². The fourth-order valence-electron chi connectivity index (χ4n) is 2.06. The van der Waals surface area contributed by atoms with Gasteiger partial charge in [0.1, 0.15) is 0 Å². The van der Waals surface area contributed by atoms with Crippen molar-refractivity contribution < 1.29 is 4.79 Å². The Morgan fingerprint density at radius 2 is 2.21 bits per heavy atom. The molecular weight excluding hydrogens is 196 g/mol. The standard InChI is InChI=1S/C10H20N2OS/c1-14-7-6-12-9-5-3-2-4-8(9)10(11)13/h8-9,12H,2-7H2,1H3,(H2,11,13)/t8-,9+/m1/s1. The molecule has 0 heterocycles. The zero-order valence-corrected chi connectivity index (χ0v) is 9.61. The molecular formula is C10H20N2OS. The smallest absolute Gasteiger partial charge is 0.222 e. The van der Waals surface area contributed by atoms with Crippen LogP contribution in [0.25, 0.3) is 0 Å². The fourth-order valence-corrected chi connectivity index (χ4v) is 2.38. The predicted octanol–water partition coefficient (Wildman–Crippen LogP) is 0.983. The molecule has 0 aromatic rings. The van der Waals surface area contributed by atoms with Gasteiger partial charge in [0.15, 0.2) is 0 Å². The van der Waals surface area contributed by atoms with E-state index in [2.05, 4.69) is 11.6 Å². The van der Waals surface area contributed by atoms with E-state index in [-0.39, 0.29) is 11.8 Å². The third-order valence-corrected chi connectivity index (χ3v) is 3.46. The number of rotatable bonds is 5. The van der Waals surface area contributed by atoms with E-state index in [1.807, 2.05) is 11.8 Å². The van der Waals surface area contributed by atoms with E-state index in [4.69, 9.17) is 5.73 Å². The molecule has 0 aliphatic heterocycles. The number of hydrogen-bond donors (Lipinski definition) is 2. The van der Waals surface area contributed by atoms with Gasteiger partial charge in [-0.3, -0.25) is 4.79 Å². The van der Waals surface area contributed by atoms with Gasteiger partial charge in [-0.05, 0) is 19.1 Å². The maximum absolute atomic E-state index is 11.2. The molecule has 0 radical (unpaired) electrons. The van der Waals surface area contributed by atoms with Gasteiger partial charge in [0.25, 0.3) is 0 Å². The third-order valence-electron chi connectivity index (χ3n) is 2.84. The lowest BCUT2D eigenvalue weighted by molar-refractivity contribution is -0.123. The van der Waals surface area contributed by atoms with E-state index in [1.54, 1.807) is 0 Å². The van der Waals surface area contributed by atoms with Crippen LogP contribution >= 0.6 is 11.8 Å². The summed E-state index contributed by atoms with van der Waals surface area (Å²) in [5.41, 5.74) is 5.38. The van der Waals surface area contributed by atoms with Gasteiger partial charge in [0, 0.05) is 18.3 Å². The van der Waals surface area contributed by atoms with Crippen molar-refractivity contribution >= 4 is 17.7 Å². The number of nitrogens with one attached hydrogen (secondary N) is 1. The van der Waals surface area contributed by atoms with Crippen LogP contribution in [0.4, 0.5) is 0 Å². The van der Waals surface area contributed by atoms with Gasteiger partial charge in [-0.2, -0.15) is 11.8 Å². The van der Waals surface area contributed by atoms with E-state index in [1.165, 1.54) is 6.42 Å². The number of nitrogens with two attached hydrogens (primary N) is 1. The summed E-state index contributed by atoms with van der Waals surface area (Å²) in [5, 5.41) is 3.43. The minimum atomic E-state index is -0.133. The van der Waals surface area contributed by atoms with Gasteiger partial charge in [0.2, 0.25) is 5.91 Å². The second-order valence-corrected chi connectivity index (χ2v) is 4.83. The normalized spacial score (nSPS) is 27.5. The molecule has 0 aromatic heterocycles. The summed E-state index contributed by atoms with van der Waals surface area (Å²) in [6.07, 6.45) is 6.53. The molecule has 0 bridgehead atoms. The zero-order chi connectivity index (χ0) is 10.4. The van der Waals surface area contributed by atoms with E-state index in [0.29, 0.717) is 6.04 Å². The van der Waals surface area contributed by atoms with Crippen LogP contribution in [-0.2, 0) is 4.79 Å². The molecule has 1 rings (SSSR count). The molecule has 0 spiro atoms. The molecule has 82 valence electrons. The van der Waals surface area contributed by atoms with Gasteiger partial charge in [-0.25, -0.2) is 0 Å². The second-order valence-electron chi connectivity index (χ2n) is 3.85. The van der Waals surface area contributed by atoms with Crippen LogP contribution in [0, 0.1) is 5.92 Å². The lowest BCUT2D eigenvalue weighted by atomic mass is 9.84. The summed E-state index contributed by atoms with van der Waals surface area (Å²) < 4.78 is 0. The number of hydrogen-bond acceptors (Lipinski definition) is 3. The van der Waals surface area contributed by atoms with Crippen LogP contribution in [0.15, 0.2) is 0 Å². The minimum Gasteiger partial charge on any atom is -0.369 e. The molecule has 3 nitrogen and oxygen atoms in total. The summed E-state index contributed by atoms with van der Waals surface area (Å²) in [4.78, 5) is 11.2. The van der Waals surface area contributed by atoms with Crippen LogP contribution in [0.1, 0.15) is 25.7 Å². The van der Waals surface area contributed by atoms with Crippen LogP contribution in [-0.4, -0.2) is 30.5 Å². The first-order valence-corrected chi connectivity index (χ1v) is 6.66. The van der Waals surface area contributed by atoms with Gasteiger partial charge in [-0.1, -0.05) is 12.8 Å². The molecule has 14 heavy (non-hydrogen) atoms. The number of carbonyl (C=O) groups is 1. The molecule has 1 aliphatic rings. The molecule has 2 atom stereocenters. The van der Waals surface area contributed by atoms with Crippen LogP contribution < -0.4 is 11.1 Å². The Bertz CT molecular complexity index is 187. The van der Waals surface area contributed by atoms with E-state index < -0.39 is 0 Å². The topological polar surface area (TPSA) is 55.1 Å². The predicted molar refractivity (Wildman–Crippen MR) is 61.3 cm³/mol. The summed E-state index contributed by atoms with van der Waals surface area (Å²) in [7, 11) is 0. The first-order chi connectivity index (χ1) is 6.75. The zero-order valence-electron chi connectivity index (χ0n) is 8.79. The molecule has 4 heteroatoms. The Hall–Kier alpha value is -0.220. The highest BCUT2D eigenvalue weighted by Crippen LogP contribution is 2.23. The van der Waals surface area contributed by atoms with Crippen LogP contribution in [0.2, 0.25) is 0 Å². The summed E-state index contributed by atoms with van der Waals surface area (Å²) >= 11 is 1.82. The quantitative estimate of drug-likeness (QED) is 0.674. The first kappa shape index (κ1) is 11.9. The molecule has 0 aromatic carbocycles. The second kappa shape index (κ2) is 6.30. The molecule has 0 saturated heterocycles. The van der Waals surface area contributed by atoms with Crippen molar-refractivity contribution in [2.75, 3.05) is 18.6 Å². The molecule has 1 amide bonds. The van der Waals surface area contributed by atoms with Crippen molar-refractivity contribution in [3.63, 3.8) is 0 Å². The summed E-state index contributed by atoms with van der Waals surface area (Å²) in [6.45, 7) is 0.982. The average Bonchev–Trinajstić information content (AvgIpc) is 2.19. The summed E-state index contributed by atoms with van der Waals surface area (Å²) in [6, 6.07) is 0.327. The van der Waals surface area contributed by atoms with Crippen molar-refractivity contribution in [3.8, 4) is 0 Å². The number of carbonyl (C=O) groups excluding carboxylic acids is 1. The molecule has 1 saturated carbocycles. The highest BCUT2D eigenvalue weighted by Gasteiger charge is 2.28. The van der Waals surface area contributed by atoms with Gasteiger partial charge >= 0.3 is 0 Å². The fraction of sp³-hybridized carbons (Fsp3) is 0.900. The number of amides is 1. The van der Waals surface area contributed by atoms with E-state index in [0.717, 1.165) is 31.6 Å². The Morgan fingerprint density at radius 3 is 2.86 bits per heavy atom. The van der Waals surface area contributed by atoms with Crippen molar-refractivity contribution in [1.82, 2.24) is 5.32 Å². The van der Waals surface area contributed by atoms with Crippen molar-refractivity contribution in [2.24, 2.45) is 11.7 Å². The molecule has 0 unspecified atom stereocenters. The maximum atomic E-state index is 11.2. The third kappa shape index (κ3) is 3.50. The first-order valence-electron chi connectivity index (χ1n) is 5.27. The van der Waals surface area contributed by atoms with Gasteiger partial charge in [-0.15, -0.1) is 0 Å². The van der Waals surface area contributed by atoms with E-state index in [9.17, 15) is 4.79 Å². The lowest BCUT2D eigenvalue weighted by Crippen LogP contribution is -2.45. The van der Waals surface area contributed by atoms with Crippen LogP contribution in [0.3, 0.4) is 0 Å². The largest absolute Gasteiger partial charge is 0.369 e. The Morgan fingerprint density at radius 1 is 1.50 bits per heavy atom. The Balaban J connectivity index is 2.34. The average molecular weight is 216 g/mol. The monoisotopic (exact) mass is 216 g/mol. The molecule has 1 aliphatic carbocycles. The number of thioether (sulfide) groups is 1. The van der Waals surface area contributed by atoms with Crippen LogP contribution in [0.5, 0.6) is 0 Å². The number of primary amides is 1. The molecule has 3 N–H and O–H groups in total. The van der Waals surface area contributed by atoms with E-state index >= 15 is 0 Å². The Labute approximate surface area is 90.2 Å². The summed E-state index contributed by atoms with van der Waals surface area (Å²) in [5.74, 6) is 1.03. The maximum Gasteiger partial charge on any atom is 0.222 e. The minimum absolute atomic E-state index is 0.0607. The lowest BCUT2D eigenvalue weighted by Gasteiger charge is -2.30. The highest BCUT2D eigenvalue weighted by molar-refractivity contribution is 7.98. The van der Waals surface area contributed by atoms with Crippen molar-refractivity contribution in [1.29, 1.82) is 0 Å². The molecule has 1 fully saturated rings. The SMILES string of the molecule is CSCCN[C@H]1CCCC[C@H]1C(N)=O. The van der Waals surface area contributed by atoms with Crippen molar-refractivity contribution in [2.45, 2.75) is 31.7 Å². The van der Waals surface area contributed by atoms with Gasteiger partial charge < -0.3 is 11.1 Å². The highest BCUT2D eigenvalue weighted by atomic mass is 32.2. The Kier molecular flexibility index (Phi) is 5.33. The van der Waals surface area contributed by atoms with Crippen molar-refractivity contribution in [3.05, 3.63) is 0 Å².